The Bertz CT molecular complexity index is 315. The Morgan fingerprint density at radius 3 is 2.67 bits per heavy atom. The molecule has 0 spiro atoms. The minimum atomic E-state index is 0.224. The molecule has 0 bridgehead atoms. The lowest BCUT2D eigenvalue weighted by Gasteiger charge is -2.08. The van der Waals surface area contributed by atoms with Gasteiger partial charge in [-0.05, 0) is 31.9 Å². The van der Waals surface area contributed by atoms with Crippen molar-refractivity contribution in [2.75, 3.05) is 6.61 Å². The monoisotopic (exact) mass is 247 g/mol. The van der Waals surface area contributed by atoms with Crippen molar-refractivity contribution >= 4 is 23.2 Å². The maximum atomic E-state index is 5.85. The van der Waals surface area contributed by atoms with Crippen LogP contribution in [0.3, 0.4) is 0 Å². The molecule has 0 aliphatic carbocycles. The minimum absolute atomic E-state index is 0.224. The summed E-state index contributed by atoms with van der Waals surface area (Å²) in [5.41, 5.74) is 5.62. The lowest BCUT2D eigenvalue weighted by atomic mass is 10.2. The fraction of sp³-hybridized carbons (Fsp3) is 0.455. The van der Waals surface area contributed by atoms with Crippen LogP contribution in [0.15, 0.2) is 18.2 Å². The van der Waals surface area contributed by atoms with Gasteiger partial charge in [0, 0.05) is 12.1 Å². The molecular formula is C11H15Cl2NO. The average molecular weight is 248 g/mol. The van der Waals surface area contributed by atoms with E-state index >= 15 is 0 Å². The van der Waals surface area contributed by atoms with Crippen molar-refractivity contribution in [1.82, 2.24) is 0 Å². The first-order chi connectivity index (χ1) is 7.09. The Kier molecular flexibility index (Phi) is 5.23. The molecule has 0 amide bonds. The maximum absolute atomic E-state index is 5.85. The van der Waals surface area contributed by atoms with Gasteiger partial charge in [0.25, 0.3) is 0 Å². The molecule has 1 unspecified atom stereocenters. The molecule has 0 aromatic heterocycles. The third-order valence-electron chi connectivity index (χ3n) is 1.96. The number of hydrogen-bond donors (Lipinski definition) is 1. The summed E-state index contributed by atoms with van der Waals surface area (Å²) >= 11 is 11.6. The number of nitrogens with two attached hydrogens (primary N) is 1. The molecule has 0 heterocycles. The van der Waals surface area contributed by atoms with E-state index in [2.05, 4.69) is 0 Å². The largest absolute Gasteiger partial charge is 0.494 e. The van der Waals surface area contributed by atoms with Crippen LogP contribution < -0.4 is 10.5 Å². The number of rotatable bonds is 5. The van der Waals surface area contributed by atoms with Crippen molar-refractivity contribution in [3.63, 3.8) is 0 Å². The van der Waals surface area contributed by atoms with E-state index in [1.165, 1.54) is 0 Å². The standard InChI is InChI=1S/C11H15Cl2NO/c1-8(14)3-2-6-15-9-4-5-10(12)11(13)7-9/h4-5,7-8H,2-3,6,14H2,1H3. The molecule has 1 aromatic rings. The third kappa shape index (κ3) is 4.74. The quantitative estimate of drug-likeness (QED) is 0.809. The lowest BCUT2D eigenvalue weighted by Crippen LogP contribution is -2.15. The zero-order valence-corrected chi connectivity index (χ0v) is 10.2. The highest BCUT2D eigenvalue weighted by Gasteiger charge is 2.00. The first-order valence-corrected chi connectivity index (χ1v) is 5.68. The molecule has 2 N–H and O–H groups in total. The van der Waals surface area contributed by atoms with E-state index in [4.69, 9.17) is 33.7 Å². The topological polar surface area (TPSA) is 35.2 Å². The molecule has 0 aliphatic rings. The Balaban J connectivity index is 2.35. The smallest absolute Gasteiger partial charge is 0.120 e. The Labute approximate surface area is 100 Å². The van der Waals surface area contributed by atoms with Gasteiger partial charge in [-0.15, -0.1) is 0 Å². The van der Waals surface area contributed by atoms with Gasteiger partial charge in [0.15, 0.2) is 0 Å². The molecule has 1 aromatic carbocycles. The zero-order valence-electron chi connectivity index (χ0n) is 8.67. The lowest BCUT2D eigenvalue weighted by molar-refractivity contribution is 0.303. The highest BCUT2D eigenvalue weighted by molar-refractivity contribution is 6.42. The van der Waals surface area contributed by atoms with Crippen LogP contribution in [0.2, 0.25) is 10.0 Å². The first-order valence-electron chi connectivity index (χ1n) is 4.93. The van der Waals surface area contributed by atoms with Crippen LogP contribution in [0.1, 0.15) is 19.8 Å². The fourth-order valence-corrected chi connectivity index (χ4v) is 1.45. The molecule has 15 heavy (non-hydrogen) atoms. The van der Waals surface area contributed by atoms with Crippen LogP contribution in [-0.4, -0.2) is 12.6 Å². The van der Waals surface area contributed by atoms with Gasteiger partial charge in [-0.2, -0.15) is 0 Å². The van der Waals surface area contributed by atoms with Crippen molar-refractivity contribution in [3.8, 4) is 5.75 Å². The second-order valence-electron chi connectivity index (χ2n) is 3.54. The molecular weight excluding hydrogens is 233 g/mol. The predicted molar refractivity (Wildman–Crippen MR) is 64.8 cm³/mol. The molecule has 0 saturated carbocycles. The van der Waals surface area contributed by atoms with E-state index in [1.807, 2.05) is 6.92 Å². The van der Waals surface area contributed by atoms with Crippen LogP contribution >= 0.6 is 23.2 Å². The van der Waals surface area contributed by atoms with Crippen molar-refractivity contribution in [2.45, 2.75) is 25.8 Å². The van der Waals surface area contributed by atoms with Crippen molar-refractivity contribution in [2.24, 2.45) is 5.73 Å². The van der Waals surface area contributed by atoms with Crippen LogP contribution in [0, 0.1) is 0 Å². The van der Waals surface area contributed by atoms with Gasteiger partial charge in [0.05, 0.1) is 16.7 Å². The average Bonchev–Trinajstić information content (AvgIpc) is 2.18. The Hall–Kier alpha value is -0.440. The summed E-state index contributed by atoms with van der Waals surface area (Å²) in [5, 5.41) is 1.06. The normalized spacial score (nSPS) is 12.5. The highest BCUT2D eigenvalue weighted by Crippen LogP contribution is 2.26. The van der Waals surface area contributed by atoms with Crippen molar-refractivity contribution in [3.05, 3.63) is 28.2 Å². The third-order valence-corrected chi connectivity index (χ3v) is 2.70. The molecule has 0 aliphatic heterocycles. The van der Waals surface area contributed by atoms with Crippen LogP contribution in [0.5, 0.6) is 5.75 Å². The molecule has 2 nitrogen and oxygen atoms in total. The number of hydrogen-bond acceptors (Lipinski definition) is 2. The van der Waals surface area contributed by atoms with E-state index < -0.39 is 0 Å². The second-order valence-corrected chi connectivity index (χ2v) is 4.36. The van der Waals surface area contributed by atoms with Gasteiger partial charge in [-0.25, -0.2) is 0 Å². The first kappa shape index (κ1) is 12.6. The molecule has 4 heteroatoms. The van der Waals surface area contributed by atoms with E-state index in [-0.39, 0.29) is 6.04 Å². The van der Waals surface area contributed by atoms with Gasteiger partial charge in [0.1, 0.15) is 5.75 Å². The molecule has 1 rings (SSSR count). The summed E-state index contributed by atoms with van der Waals surface area (Å²) in [6.07, 6.45) is 1.90. The number of halogens is 2. The van der Waals surface area contributed by atoms with Crippen molar-refractivity contribution in [1.29, 1.82) is 0 Å². The summed E-state index contributed by atoms with van der Waals surface area (Å²) in [7, 11) is 0. The molecule has 0 saturated heterocycles. The van der Waals surface area contributed by atoms with Crippen LogP contribution in [0.25, 0.3) is 0 Å². The van der Waals surface area contributed by atoms with Gasteiger partial charge < -0.3 is 10.5 Å². The summed E-state index contributed by atoms with van der Waals surface area (Å²) in [6, 6.07) is 5.48. The minimum Gasteiger partial charge on any atom is -0.494 e. The number of ether oxygens (including phenoxy) is 1. The van der Waals surface area contributed by atoms with Crippen LogP contribution in [-0.2, 0) is 0 Å². The Morgan fingerprint density at radius 2 is 2.07 bits per heavy atom. The highest BCUT2D eigenvalue weighted by atomic mass is 35.5. The maximum Gasteiger partial charge on any atom is 0.120 e. The second kappa shape index (κ2) is 6.21. The summed E-state index contributed by atoms with van der Waals surface area (Å²) in [4.78, 5) is 0. The van der Waals surface area contributed by atoms with E-state index in [0.29, 0.717) is 16.7 Å². The molecule has 0 radical (unpaired) electrons. The van der Waals surface area contributed by atoms with Gasteiger partial charge in [-0.3, -0.25) is 0 Å². The summed E-state index contributed by atoms with van der Waals surface area (Å²) in [6.45, 7) is 2.64. The van der Waals surface area contributed by atoms with Gasteiger partial charge in [0.2, 0.25) is 0 Å². The van der Waals surface area contributed by atoms with Crippen LogP contribution in [0.4, 0.5) is 0 Å². The van der Waals surface area contributed by atoms with Gasteiger partial charge >= 0.3 is 0 Å². The predicted octanol–water partition coefficient (Wildman–Crippen LogP) is 3.50. The molecule has 0 fully saturated rings. The summed E-state index contributed by atoms with van der Waals surface area (Å²) in [5.74, 6) is 0.745. The fourth-order valence-electron chi connectivity index (χ4n) is 1.16. The van der Waals surface area contributed by atoms with E-state index in [9.17, 15) is 0 Å². The van der Waals surface area contributed by atoms with E-state index in [0.717, 1.165) is 18.6 Å². The van der Waals surface area contributed by atoms with E-state index in [1.54, 1.807) is 18.2 Å². The SMILES string of the molecule is CC(N)CCCOc1ccc(Cl)c(Cl)c1. The zero-order chi connectivity index (χ0) is 11.3. The Morgan fingerprint density at radius 1 is 1.33 bits per heavy atom. The molecule has 84 valence electrons. The van der Waals surface area contributed by atoms with Gasteiger partial charge in [-0.1, -0.05) is 23.2 Å². The summed E-state index contributed by atoms with van der Waals surface area (Å²) < 4.78 is 5.49. The number of benzene rings is 1. The van der Waals surface area contributed by atoms with Crippen molar-refractivity contribution < 1.29 is 4.74 Å². The molecule has 1 atom stereocenters.